The van der Waals surface area contributed by atoms with E-state index in [0.717, 1.165) is 24.2 Å². The molecule has 0 amide bonds. The molecule has 0 radical (unpaired) electrons. The van der Waals surface area contributed by atoms with Gasteiger partial charge in [-0.05, 0) is 25.5 Å². The number of nitrogens with one attached hydrogen (secondary N) is 1. The van der Waals surface area contributed by atoms with E-state index >= 15 is 0 Å². The van der Waals surface area contributed by atoms with Gasteiger partial charge in [0.25, 0.3) is 0 Å². The monoisotopic (exact) mass is 289 g/mol. The Morgan fingerprint density at radius 2 is 2.05 bits per heavy atom. The van der Waals surface area contributed by atoms with Crippen LogP contribution in [0.4, 0.5) is 10.2 Å². The van der Waals surface area contributed by atoms with Crippen molar-refractivity contribution in [2.24, 2.45) is 0 Å². The highest BCUT2D eigenvalue weighted by molar-refractivity contribution is 5.70. The van der Waals surface area contributed by atoms with Gasteiger partial charge in [-0.3, -0.25) is 0 Å². The van der Waals surface area contributed by atoms with E-state index in [9.17, 15) is 4.39 Å². The average molecular weight is 289 g/mol. The second-order valence-electron chi connectivity index (χ2n) is 4.78. The summed E-state index contributed by atoms with van der Waals surface area (Å²) < 4.78 is 19.5. The normalized spacial score (nSPS) is 10.5. The molecule has 0 aliphatic carbocycles. The van der Waals surface area contributed by atoms with Gasteiger partial charge in [-0.2, -0.15) is 0 Å². The van der Waals surface area contributed by atoms with Crippen LogP contribution in [-0.4, -0.2) is 24.1 Å². The third-order valence-corrected chi connectivity index (χ3v) is 3.34. The Bertz CT molecular complexity index is 644. The van der Waals surface area contributed by atoms with E-state index in [1.165, 1.54) is 7.11 Å². The number of anilines is 1. The molecule has 0 spiro atoms. The van der Waals surface area contributed by atoms with Crippen LogP contribution in [0.1, 0.15) is 24.7 Å². The first kappa shape index (κ1) is 15.2. The maximum Gasteiger partial charge on any atom is 0.174 e. The van der Waals surface area contributed by atoms with Crippen molar-refractivity contribution in [1.29, 1.82) is 0 Å². The van der Waals surface area contributed by atoms with Crippen LogP contribution in [0.5, 0.6) is 5.75 Å². The summed E-state index contributed by atoms with van der Waals surface area (Å²) in [4.78, 5) is 8.99. The number of aromatic nitrogens is 2. The summed E-state index contributed by atoms with van der Waals surface area (Å²) >= 11 is 0. The maximum atomic E-state index is 14.5. The van der Waals surface area contributed by atoms with Crippen molar-refractivity contribution in [2.45, 2.75) is 26.7 Å². The molecular formula is C16H20FN3O. The van der Waals surface area contributed by atoms with Gasteiger partial charge in [0.2, 0.25) is 0 Å². The van der Waals surface area contributed by atoms with Crippen molar-refractivity contribution < 1.29 is 9.13 Å². The van der Waals surface area contributed by atoms with E-state index in [1.54, 1.807) is 25.2 Å². The first-order chi connectivity index (χ1) is 10.1. The van der Waals surface area contributed by atoms with Crippen LogP contribution in [0, 0.1) is 12.7 Å². The number of benzene rings is 1. The SMILES string of the molecule is CCCc1nc(NC)c(C)c(-c2cccc(OC)c2F)n1. The van der Waals surface area contributed by atoms with Gasteiger partial charge in [-0.1, -0.05) is 13.0 Å². The zero-order chi connectivity index (χ0) is 15.4. The molecule has 0 atom stereocenters. The standard InChI is InChI=1S/C16H20FN3O/c1-5-7-13-19-15(10(2)16(18-3)20-13)11-8-6-9-12(21-4)14(11)17/h6,8-9H,5,7H2,1-4H3,(H,18,19,20). The Kier molecular flexibility index (Phi) is 4.73. The van der Waals surface area contributed by atoms with Crippen LogP contribution in [0.3, 0.4) is 0 Å². The molecule has 2 rings (SSSR count). The smallest absolute Gasteiger partial charge is 0.174 e. The van der Waals surface area contributed by atoms with E-state index in [4.69, 9.17) is 4.74 Å². The lowest BCUT2D eigenvalue weighted by molar-refractivity contribution is 0.387. The highest BCUT2D eigenvalue weighted by Gasteiger charge is 2.17. The van der Waals surface area contributed by atoms with E-state index in [1.807, 2.05) is 6.92 Å². The fraction of sp³-hybridized carbons (Fsp3) is 0.375. The van der Waals surface area contributed by atoms with Crippen molar-refractivity contribution in [2.75, 3.05) is 19.5 Å². The fourth-order valence-electron chi connectivity index (χ4n) is 2.26. The second-order valence-corrected chi connectivity index (χ2v) is 4.78. The largest absolute Gasteiger partial charge is 0.494 e. The van der Waals surface area contributed by atoms with Crippen LogP contribution in [-0.2, 0) is 6.42 Å². The van der Waals surface area contributed by atoms with Gasteiger partial charge in [-0.25, -0.2) is 14.4 Å². The summed E-state index contributed by atoms with van der Waals surface area (Å²) in [5.74, 6) is 1.26. The van der Waals surface area contributed by atoms with Gasteiger partial charge in [0.15, 0.2) is 11.6 Å². The minimum Gasteiger partial charge on any atom is -0.494 e. The Hall–Kier alpha value is -2.17. The number of hydrogen-bond acceptors (Lipinski definition) is 4. The molecule has 0 bridgehead atoms. The maximum absolute atomic E-state index is 14.5. The van der Waals surface area contributed by atoms with Gasteiger partial charge >= 0.3 is 0 Å². The van der Waals surface area contributed by atoms with Crippen molar-refractivity contribution in [3.63, 3.8) is 0 Å². The Morgan fingerprint density at radius 1 is 1.29 bits per heavy atom. The molecule has 4 nitrogen and oxygen atoms in total. The van der Waals surface area contributed by atoms with E-state index in [-0.39, 0.29) is 5.75 Å². The van der Waals surface area contributed by atoms with E-state index in [2.05, 4.69) is 22.2 Å². The molecule has 112 valence electrons. The van der Waals surface area contributed by atoms with Gasteiger partial charge in [0, 0.05) is 24.6 Å². The predicted octanol–water partition coefficient (Wildman–Crippen LogP) is 3.59. The third kappa shape index (κ3) is 2.96. The topological polar surface area (TPSA) is 47.0 Å². The van der Waals surface area contributed by atoms with Crippen LogP contribution in [0.25, 0.3) is 11.3 Å². The number of hydrogen-bond donors (Lipinski definition) is 1. The molecule has 0 unspecified atom stereocenters. The quantitative estimate of drug-likeness (QED) is 0.913. The Labute approximate surface area is 124 Å². The molecule has 2 aromatic rings. The van der Waals surface area contributed by atoms with Crippen LogP contribution >= 0.6 is 0 Å². The highest BCUT2D eigenvalue weighted by atomic mass is 19.1. The van der Waals surface area contributed by atoms with Crippen LogP contribution in [0.15, 0.2) is 18.2 Å². The number of halogens is 1. The van der Waals surface area contributed by atoms with Gasteiger partial charge < -0.3 is 10.1 Å². The summed E-state index contributed by atoms with van der Waals surface area (Å²) in [6.45, 7) is 3.95. The minimum atomic E-state index is -0.397. The summed E-state index contributed by atoms with van der Waals surface area (Å²) in [5, 5.41) is 3.05. The number of ether oxygens (including phenoxy) is 1. The molecular weight excluding hydrogens is 269 g/mol. The zero-order valence-corrected chi connectivity index (χ0v) is 12.8. The van der Waals surface area contributed by atoms with Crippen LogP contribution in [0.2, 0.25) is 0 Å². The summed E-state index contributed by atoms with van der Waals surface area (Å²) in [6.07, 6.45) is 1.69. The van der Waals surface area contributed by atoms with Crippen molar-refractivity contribution in [3.8, 4) is 17.0 Å². The molecule has 1 aromatic carbocycles. The van der Waals surface area contributed by atoms with Crippen molar-refractivity contribution in [3.05, 3.63) is 35.4 Å². The average Bonchev–Trinajstić information content (AvgIpc) is 2.49. The van der Waals surface area contributed by atoms with E-state index < -0.39 is 5.82 Å². The molecule has 1 heterocycles. The molecule has 0 fully saturated rings. The molecule has 1 N–H and O–H groups in total. The van der Waals surface area contributed by atoms with E-state index in [0.29, 0.717) is 17.1 Å². The first-order valence-electron chi connectivity index (χ1n) is 7.00. The molecule has 1 aromatic heterocycles. The molecule has 0 saturated heterocycles. The molecule has 21 heavy (non-hydrogen) atoms. The van der Waals surface area contributed by atoms with Gasteiger partial charge in [0.1, 0.15) is 11.6 Å². The van der Waals surface area contributed by atoms with Crippen molar-refractivity contribution in [1.82, 2.24) is 9.97 Å². The lowest BCUT2D eigenvalue weighted by atomic mass is 10.1. The Balaban J connectivity index is 2.65. The molecule has 0 aliphatic heterocycles. The zero-order valence-electron chi connectivity index (χ0n) is 12.8. The predicted molar refractivity (Wildman–Crippen MR) is 82.3 cm³/mol. The summed E-state index contributed by atoms with van der Waals surface area (Å²) in [5.41, 5.74) is 1.86. The van der Waals surface area contributed by atoms with Crippen molar-refractivity contribution >= 4 is 5.82 Å². The minimum absolute atomic E-state index is 0.216. The second kappa shape index (κ2) is 6.52. The summed E-state index contributed by atoms with van der Waals surface area (Å²) in [7, 11) is 3.26. The lowest BCUT2D eigenvalue weighted by Crippen LogP contribution is -2.06. The van der Waals surface area contributed by atoms with Gasteiger partial charge in [-0.15, -0.1) is 0 Å². The molecule has 0 saturated carbocycles. The lowest BCUT2D eigenvalue weighted by Gasteiger charge is -2.13. The molecule has 5 heteroatoms. The molecule has 0 aliphatic rings. The van der Waals surface area contributed by atoms with Gasteiger partial charge in [0.05, 0.1) is 12.8 Å². The number of rotatable bonds is 5. The Morgan fingerprint density at radius 3 is 2.67 bits per heavy atom. The number of nitrogens with zero attached hydrogens (tertiary/aromatic N) is 2. The summed E-state index contributed by atoms with van der Waals surface area (Å²) in [6, 6.07) is 5.07. The van der Waals surface area contributed by atoms with Crippen LogP contribution < -0.4 is 10.1 Å². The number of methoxy groups -OCH3 is 1. The highest BCUT2D eigenvalue weighted by Crippen LogP contribution is 2.31. The third-order valence-electron chi connectivity index (χ3n) is 3.34. The fourth-order valence-corrected chi connectivity index (χ4v) is 2.26. The number of aryl methyl sites for hydroxylation is 1. The first-order valence-corrected chi connectivity index (χ1v) is 7.00.